The molecule has 1 unspecified atom stereocenters. The number of hydrogen-bond donors (Lipinski definition) is 1. The van der Waals surface area contributed by atoms with E-state index >= 15 is 0 Å². The highest BCUT2D eigenvalue weighted by Crippen LogP contribution is 2.17. The lowest BCUT2D eigenvalue weighted by Crippen LogP contribution is -2.08. The Kier molecular flexibility index (Phi) is 4.27. The lowest BCUT2D eigenvalue weighted by atomic mass is 9.98. The number of nitrogens with two attached hydrogens (primary N) is 1. The monoisotopic (exact) mass is 261 g/mol. The molecule has 0 heterocycles. The quantitative estimate of drug-likeness (QED) is 0.893. The first-order valence-corrected chi connectivity index (χ1v) is 6.33. The lowest BCUT2D eigenvalue weighted by Gasteiger charge is -2.10. The van der Waals surface area contributed by atoms with Crippen LogP contribution in [0.15, 0.2) is 42.5 Å². The third kappa shape index (κ3) is 3.38. The van der Waals surface area contributed by atoms with Crippen molar-refractivity contribution in [2.75, 3.05) is 6.54 Å². The maximum absolute atomic E-state index is 13.1. The molecule has 2 aromatic rings. The van der Waals surface area contributed by atoms with Crippen LogP contribution in [0.5, 0.6) is 0 Å². The van der Waals surface area contributed by atoms with E-state index in [1.165, 1.54) is 11.6 Å². The predicted octanol–water partition coefficient (Wildman–Crippen LogP) is 3.62. The van der Waals surface area contributed by atoms with Gasteiger partial charge in [0.05, 0.1) is 0 Å². The molecule has 2 N–H and O–H groups in total. The summed E-state index contributed by atoms with van der Waals surface area (Å²) in [5, 5.41) is 0. The fraction of sp³-hybridized carbons (Fsp3) is 0.250. The molecule has 0 aliphatic rings. The van der Waals surface area contributed by atoms with Gasteiger partial charge in [0.1, 0.15) is 0 Å². The Hall–Kier alpha value is -1.74. The molecular weight excluding hydrogens is 244 g/mol. The highest BCUT2D eigenvalue weighted by molar-refractivity contribution is 5.30. The van der Waals surface area contributed by atoms with Gasteiger partial charge in [-0.1, -0.05) is 37.3 Å². The minimum atomic E-state index is -0.809. The largest absolute Gasteiger partial charge is 0.330 e. The van der Waals surface area contributed by atoms with E-state index in [0.29, 0.717) is 18.9 Å². The van der Waals surface area contributed by atoms with Crippen molar-refractivity contribution in [3.8, 4) is 0 Å². The van der Waals surface area contributed by atoms with Gasteiger partial charge in [0.25, 0.3) is 0 Å². The number of hydrogen-bond acceptors (Lipinski definition) is 1. The highest BCUT2D eigenvalue weighted by atomic mass is 19.2. The molecule has 100 valence electrons. The molecule has 0 aliphatic carbocycles. The minimum absolute atomic E-state index is 0.331. The van der Waals surface area contributed by atoms with E-state index in [9.17, 15) is 8.78 Å². The second-order valence-corrected chi connectivity index (χ2v) is 4.80. The SMILES string of the molecule is CC(CN)c1ccc(Cc2ccc(F)c(F)c2)cc1. The first kappa shape index (κ1) is 13.7. The van der Waals surface area contributed by atoms with Crippen LogP contribution in [0, 0.1) is 11.6 Å². The zero-order chi connectivity index (χ0) is 13.8. The van der Waals surface area contributed by atoms with Crippen molar-refractivity contribution >= 4 is 0 Å². The summed E-state index contributed by atoms with van der Waals surface area (Å²) in [6.07, 6.45) is 0.592. The minimum Gasteiger partial charge on any atom is -0.330 e. The van der Waals surface area contributed by atoms with Crippen molar-refractivity contribution < 1.29 is 8.78 Å². The second-order valence-electron chi connectivity index (χ2n) is 4.80. The molecule has 3 heteroatoms. The zero-order valence-electron chi connectivity index (χ0n) is 10.9. The molecule has 0 aliphatic heterocycles. The summed E-state index contributed by atoms with van der Waals surface area (Å²) in [7, 11) is 0. The predicted molar refractivity (Wildman–Crippen MR) is 73.1 cm³/mol. The zero-order valence-corrected chi connectivity index (χ0v) is 10.9. The van der Waals surface area contributed by atoms with Gasteiger partial charge in [-0.15, -0.1) is 0 Å². The fourth-order valence-electron chi connectivity index (χ4n) is 1.99. The summed E-state index contributed by atoms with van der Waals surface area (Å²) < 4.78 is 25.9. The Morgan fingerprint density at radius 1 is 0.947 bits per heavy atom. The maximum atomic E-state index is 13.1. The van der Waals surface area contributed by atoms with Gasteiger partial charge in [-0.05, 0) is 47.7 Å². The first-order chi connectivity index (χ1) is 9.10. The summed E-state index contributed by atoms with van der Waals surface area (Å²) in [6, 6.07) is 12.1. The normalized spacial score (nSPS) is 12.4. The van der Waals surface area contributed by atoms with Gasteiger partial charge in [0.15, 0.2) is 11.6 Å². The van der Waals surface area contributed by atoms with Crippen LogP contribution in [0.25, 0.3) is 0 Å². The molecule has 1 atom stereocenters. The van der Waals surface area contributed by atoms with Crippen molar-refractivity contribution in [3.63, 3.8) is 0 Å². The summed E-state index contributed by atoms with van der Waals surface area (Å²) in [4.78, 5) is 0. The van der Waals surface area contributed by atoms with Crippen molar-refractivity contribution in [3.05, 3.63) is 70.8 Å². The van der Waals surface area contributed by atoms with Gasteiger partial charge in [-0.2, -0.15) is 0 Å². The van der Waals surface area contributed by atoms with Crippen molar-refractivity contribution in [2.24, 2.45) is 5.73 Å². The van der Waals surface area contributed by atoms with Crippen LogP contribution in [0.2, 0.25) is 0 Å². The molecule has 0 fully saturated rings. The Morgan fingerprint density at radius 3 is 2.16 bits per heavy atom. The smallest absolute Gasteiger partial charge is 0.159 e. The van der Waals surface area contributed by atoms with E-state index in [1.54, 1.807) is 6.07 Å². The van der Waals surface area contributed by atoms with Crippen LogP contribution in [-0.2, 0) is 6.42 Å². The van der Waals surface area contributed by atoms with Gasteiger partial charge in [-0.25, -0.2) is 8.78 Å². The molecule has 0 spiro atoms. The summed E-state index contributed by atoms with van der Waals surface area (Å²) in [5.41, 5.74) is 8.64. The molecule has 0 aromatic heterocycles. The van der Waals surface area contributed by atoms with Crippen LogP contribution in [0.4, 0.5) is 8.78 Å². The summed E-state index contributed by atoms with van der Waals surface area (Å²) in [5.74, 6) is -1.28. The Labute approximate surface area is 112 Å². The molecule has 0 radical (unpaired) electrons. The Balaban J connectivity index is 2.12. The molecule has 0 bridgehead atoms. The maximum Gasteiger partial charge on any atom is 0.159 e. The average molecular weight is 261 g/mol. The van der Waals surface area contributed by atoms with E-state index < -0.39 is 11.6 Å². The van der Waals surface area contributed by atoms with E-state index in [4.69, 9.17) is 5.73 Å². The van der Waals surface area contributed by atoms with Crippen LogP contribution < -0.4 is 5.73 Å². The summed E-state index contributed by atoms with van der Waals surface area (Å²) in [6.45, 7) is 2.69. The fourth-order valence-corrected chi connectivity index (χ4v) is 1.99. The number of rotatable bonds is 4. The van der Waals surface area contributed by atoms with E-state index in [-0.39, 0.29) is 0 Å². The molecule has 1 nitrogen and oxygen atoms in total. The molecule has 0 saturated heterocycles. The van der Waals surface area contributed by atoms with Crippen molar-refractivity contribution in [2.45, 2.75) is 19.3 Å². The molecule has 0 amide bonds. The van der Waals surface area contributed by atoms with Gasteiger partial charge < -0.3 is 5.73 Å². The second kappa shape index (κ2) is 5.93. The summed E-state index contributed by atoms with van der Waals surface area (Å²) >= 11 is 0. The van der Waals surface area contributed by atoms with Gasteiger partial charge in [0, 0.05) is 0 Å². The van der Waals surface area contributed by atoms with Crippen molar-refractivity contribution in [1.82, 2.24) is 0 Å². The molecule has 19 heavy (non-hydrogen) atoms. The topological polar surface area (TPSA) is 26.0 Å². The Morgan fingerprint density at radius 2 is 1.58 bits per heavy atom. The number of halogens is 2. The lowest BCUT2D eigenvalue weighted by molar-refractivity contribution is 0.507. The van der Waals surface area contributed by atoms with E-state index in [1.807, 2.05) is 24.3 Å². The molecule has 2 aromatic carbocycles. The third-order valence-corrected chi connectivity index (χ3v) is 3.29. The molecule has 0 saturated carbocycles. The van der Waals surface area contributed by atoms with Crippen LogP contribution in [0.3, 0.4) is 0 Å². The van der Waals surface area contributed by atoms with Crippen LogP contribution >= 0.6 is 0 Å². The number of benzene rings is 2. The third-order valence-electron chi connectivity index (χ3n) is 3.29. The van der Waals surface area contributed by atoms with Gasteiger partial charge in [0.2, 0.25) is 0 Å². The highest BCUT2D eigenvalue weighted by Gasteiger charge is 2.05. The van der Waals surface area contributed by atoms with Crippen LogP contribution in [-0.4, -0.2) is 6.54 Å². The van der Waals surface area contributed by atoms with Gasteiger partial charge in [-0.3, -0.25) is 0 Å². The van der Waals surface area contributed by atoms with E-state index in [0.717, 1.165) is 17.2 Å². The van der Waals surface area contributed by atoms with Gasteiger partial charge >= 0.3 is 0 Å². The average Bonchev–Trinajstić information content (AvgIpc) is 2.43. The Bertz CT molecular complexity index is 549. The molecule has 2 rings (SSSR count). The standard InChI is InChI=1S/C16H17F2N/c1-11(10-19)14-5-2-12(3-6-14)8-13-4-7-15(17)16(18)9-13/h2-7,9,11H,8,10,19H2,1H3. The van der Waals surface area contributed by atoms with Crippen molar-refractivity contribution in [1.29, 1.82) is 0 Å². The molecular formula is C16H17F2N. The van der Waals surface area contributed by atoms with Crippen LogP contribution in [0.1, 0.15) is 29.5 Å². The van der Waals surface area contributed by atoms with E-state index in [2.05, 4.69) is 6.92 Å². The first-order valence-electron chi connectivity index (χ1n) is 6.33.